The van der Waals surface area contributed by atoms with E-state index < -0.39 is 184 Å². The molecule has 4 heterocycles. The van der Waals surface area contributed by atoms with E-state index in [0.717, 1.165) is 40.4 Å². The summed E-state index contributed by atoms with van der Waals surface area (Å²) in [5.41, 5.74) is 11.3. The average molecular weight is 1290 g/mol. The fourth-order valence-electron chi connectivity index (χ4n) is 10.7. The summed E-state index contributed by atoms with van der Waals surface area (Å²) in [6, 6.07) is 30.0. The summed E-state index contributed by atoms with van der Waals surface area (Å²) in [5.74, 6) is -12.0. The van der Waals surface area contributed by atoms with Crippen LogP contribution in [0.5, 0.6) is 0 Å². The van der Waals surface area contributed by atoms with E-state index in [2.05, 4.69) is 10.0 Å². The second-order valence-electron chi connectivity index (χ2n) is 21.2. The predicted molar refractivity (Wildman–Crippen MR) is 306 cm³/mol. The van der Waals surface area contributed by atoms with Gasteiger partial charge in [0.05, 0.1) is 44.5 Å². The average Bonchev–Trinajstić information content (AvgIpc) is 1.43. The molecule has 4 aromatic carbocycles. The summed E-state index contributed by atoms with van der Waals surface area (Å²) in [5, 5.41) is 16.9. The molecule has 0 bridgehead atoms. The molecular formula is C62H68N4O26. The number of fused-ring (bicyclic) bond motifs is 1. The van der Waals surface area contributed by atoms with E-state index in [-0.39, 0.29) is 24.3 Å². The van der Waals surface area contributed by atoms with Crippen molar-refractivity contribution >= 4 is 53.8 Å². The fourth-order valence-corrected chi connectivity index (χ4v) is 10.7. The summed E-state index contributed by atoms with van der Waals surface area (Å²) in [4.78, 5) is 125. The fraction of sp³-hybridized carbons (Fsp3) is 0.468. The number of aliphatic hydroxyl groups is 1. The Morgan fingerprint density at radius 3 is 1.78 bits per heavy atom. The van der Waals surface area contributed by atoms with Gasteiger partial charge in [-0.1, -0.05) is 102 Å². The smallest absolute Gasteiger partial charge is 0.417 e. The Hall–Kier alpha value is -8.94. The van der Waals surface area contributed by atoms with Crippen molar-refractivity contribution in [2.24, 2.45) is 5.11 Å². The molecule has 30 heteroatoms. The van der Waals surface area contributed by atoms with Gasteiger partial charge in [0.2, 0.25) is 0 Å². The minimum atomic E-state index is -3.12. The van der Waals surface area contributed by atoms with Gasteiger partial charge < -0.3 is 80.9 Å². The molecule has 0 saturated carbocycles. The Balaban J connectivity index is 1.26. The van der Waals surface area contributed by atoms with Crippen LogP contribution in [-0.4, -0.2) is 202 Å². The van der Waals surface area contributed by atoms with E-state index >= 15 is 0 Å². The summed E-state index contributed by atoms with van der Waals surface area (Å²) >= 11 is 0. The Morgan fingerprint density at radius 1 is 0.663 bits per heavy atom. The molecule has 4 fully saturated rings. The lowest BCUT2D eigenvalue weighted by Gasteiger charge is -2.50. The van der Waals surface area contributed by atoms with E-state index in [1.54, 1.807) is 66.7 Å². The maximum Gasteiger partial charge on any atom is 0.417 e. The molecule has 0 aromatic heterocycles. The molecule has 492 valence electrons. The van der Waals surface area contributed by atoms with Crippen LogP contribution in [0.1, 0.15) is 66.0 Å². The lowest BCUT2D eigenvalue weighted by molar-refractivity contribution is -0.372. The number of methoxy groups -OCH3 is 2. The number of benzene rings is 4. The summed E-state index contributed by atoms with van der Waals surface area (Å²) < 4.78 is 96.4. The standard InChI is InChI=1S/C62H68N4O26/c1-34(67)79-31-45(85-36(3)69)51(86-37(4)70)53-48-42(89-61(76)66(48)46(71)33-80-35(2)68)27-62(91-53,60(75)78-6)92-54-49(72)43(30-83-56(73)40-23-15-9-16-24-40)87-59(55(54)90-57(74)41-25-17-10-18-26-41)84-32-44-50(81-28-38-19-11-7-12-20-38)52(47(64-65-63)58(77-5)88-44)82-29-39-21-13-8-14-22-39/h7-26,42-45,47-55,58-59,72H,27-33H2,1-6H3/t42-,43+,44+,45+,47+,48+,49-,50+,51+,52+,53+,54-,55+,58-,59+,62-/m0/s1. The third-order valence-electron chi connectivity index (χ3n) is 14.8. The number of esters is 7. The number of hydrogen-bond acceptors (Lipinski definition) is 27. The summed E-state index contributed by atoms with van der Waals surface area (Å²) in [6.45, 7) is 0.269. The van der Waals surface area contributed by atoms with Gasteiger partial charge in [0, 0.05) is 39.7 Å². The number of aliphatic hydroxyl groups excluding tert-OH is 1. The number of amides is 2. The molecular weight excluding hydrogens is 1220 g/mol. The molecule has 92 heavy (non-hydrogen) atoms. The Kier molecular flexibility index (Phi) is 24.3. The maximum atomic E-state index is 15.0. The zero-order chi connectivity index (χ0) is 66.1. The minimum absolute atomic E-state index is 0.0335. The first-order chi connectivity index (χ1) is 44.2. The van der Waals surface area contributed by atoms with E-state index in [1.807, 2.05) is 18.2 Å². The molecule has 0 aliphatic carbocycles. The quantitative estimate of drug-likeness (QED) is 0.0288. The molecule has 4 saturated heterocycles. The number of carbonyl (C=O) groups excluding carboxylic acids is 9. The van der Waals surface area contributed by atoms with Crippen molar-refractivity contribution in [3.8, 4) is 0 Å². The van der Waals surface area contributed by atoms with Crippen molar-refractivity contribution in [3.63, 3.8) is 0 Å². The van der Waals surface area contributed by atoms with Gasteiger partial charge in [0.15, 0.2) is 37.5 Å². The Morgan fingerprint density at radius 2 is 1.23 bits per heavy atom. The largest absolute Gasteiger partial charge is 0.465 e. The lowest BCUT2D eigenvalue weighted by atomic mass is 9.87. The van der Waals surface area contributed by atoms with E-state index in [1.165, 1.54) is 43.5 Å². The van der Waals surface area contributed by atoms with Crippen LogP contribution in [0, 0.1) is 0 Å². The molecule has 30 nitrogen and oxygen atoms in total. The van der Waals surface area contributed by atoms with Crippen molar-refractivity contribution in [3.05, 3.63) is 154 Å². The van der Waals surface area contributed by atoms with Gasteiger partial charge in [0.1, 0.15) is 74.1 Å². The highest BCUT2D eigenvalue weighted by Crippen LogP contribution is 2.45. The van der Waals surface area contributed by atoms with Crippen LogP contribution in [0.2, 0.25) is 0 Å². The van der Waals surface area contributed by atoms with Gasteiger partial charge in [-0.2, -0.15) is 0 Å². The van der Waals surface area contributed by atoms with Gasteiger partial charge >= 0.3 is 47.9 Å². The zero-order valence-electron chi connectivity index (χ0n) is 50.6. The van der Waals surface area contributed by atoms with Gasteiger partial charge in [-0.3, -0.25) is 24.0 Å². The molecule has 2 amide bonds. The monoisotopic (exact) mass is 1280 g/mol. The van der Waals surface area contributed by atoms with Crippen LogP contribution in [0.4, 0.5) is 4.79 Å². The van der Waals surface area contributed by atoms with E-state index in [9.17, 15) is 53.8 Å². The number of nitrogens with zero attached hydrogens (tertiary/aromatic N) is 4. The molecule has 1 N–H and O–H groups in total. The highest BCUT2D eigenvalue weighted by molar-refractivity contribution is 5.95. The topological polar surface area (TPSA) is 374 Å². The van der Waals surface area contributed by atoms with Crippen LogP contribution >= 0.6 is 0 Å². The highest BCUT2D eigenvalue weighted by Gasteiger charge is 2.67. The predicted octanol–water partition coefficient (Wildman–Crippen LogP) is 4.14. The highest BCUT2D eigenvalue weighted by atomic mass is 16.8. The Labute approximate surface area is 525 Å². The second kappa shape index (κ2) is 32.4. The number of carbonyl (C=O) groups is 9. The van der Waals surface area contributed by atoms with Crippen molar-refractivity contribution in [2.45, 2.75) is 145 Å². The summed E-state index contributed by atoms with van der Waals surface area (Å²) in [7, 11) is 2.17. The minimum Gasteiger partial charge on any atom is -0.465 e. The van der Waals surface area contributed by atoms with Crippen LogP contribution in [-0.2, 0) is 118 Å². The van der Waals surface area contributed by atoms with Gasteiger partial charge in [0.25, 0.3) is 11.7 Å². The van der Waals surface area contributed by atoms with Gasteiger partial charge in [-0.05, 0) is 40.9 Å². The first kappa shape index (κ1) is 69.0. The van der Waals surface area contributed by atoms with Crippen molar-refractivity contribution in [1.82, 2.24) is 4.90 Å². The molecule has 4 aliphatic heterocycles. The summed E-state index contributed by atoms with van der Waals surface area (Å²) in [6.07, 6.45) is -25.9. The first-order valence-electron chi connectivity index (χ1n) is 28.8. The molecule has 4 aromatic rings. The Bertz CT molecular complexity index is 3250. The van der Waals surface area contributed by atoms with Crippen LogP contribution in [0.3, 0.4) is 0 Å². The number of azide groups is 1. The molecule has 0 radical (unpaired) electrons. The molecule has 0 spiro atoms. The lowest BCUT2D eigenvalue weighted by Crippen LogP contribution is -2.70. The molecule has 4 aliphatic rings. The van der Waals surface area contributed by atoms with Crippen LogP contribution < -0.4 is 0 Å². The first-order valence-corrected chi connectivity index (χ1v) is 28.8. The second-order valence-corrected chi connectivity index (χ2v) is 21.2. The number of hydrogen-bond donors (Lipinski definition) is 1. The third kappa shape index (κ3) is 17.3. The molecule has 8 rings (SSSR count). The van der Waals surface area contributed by atoms with Gasteiger partial charge in [-0.25, -0.2) is 24.1 Å². The van der Waals surface area contributed by atoms with Crippen LogP contribution in [0.25, 0.3) is 10.4 Å². The number of imide groups is 1. The van der Waals surface area contributed by atoms with Crippen LogP contribution in [0.15, 0.2) is 126 Å². The van der Waals surface area contributed by atoms with Crippen molar-refractivity contribution < 1.29 is 124 Å². The van der Waals surface area contributed by atoms with Crippen molar-refractivity contribution in [2.75, 3.05) is 40.6 Å². The van der Waals surface area contributed by atoms with Crippen molar-refractivity contribution in [1.29, 1.82) is 0 Å². The van der Waals surface area contributed by atoms with Gasteiger partial charge in [-0.15, -0.1) is 0 Å². The molecule has 0 unspecified atom stereocenters. The maximum absolute atomic E-state index is 15.0. The number of rotatable bonds is 27. The van der Waals surface area contributed by atoms with E-state index in [4.69, 9.17) is 75.8 Å². The molecule has 16 atom stereocenters. The zero-order valence-corrected chi connectivity index (χ0v) is 50.6. The normalized spacial score (nSPS) is 27.2. The third-order valence-corrected chi connectivity index (χ3v) is 14.8. The number of ether oxygens (including phenoxy) is 16. The van der Waals surface area contributed by atoms with E-state index in [0.29, 0.717) is 10.5 Å². The SMILES string of the molecule is COC(=O)[C@@]1(O[C@H]2[C@@H](O)[C@@H](COC(=O)c3ccccc3)O[C@@H](OC[C@H]3O[C@H](OC)[C@H](N=[N+]=[N-])[C@@H](OCc4ccccc4)[C@@H]3OCc3ccccc3)[C@@H]2OC(=O)c2ccccc2)C[C@@H]2OC(=O)N(C(=O)COC(C)=O)[C@H]2[C@H]([C@H](OC(C)=O)[C@@H](COC(C)=O)OC(C)=O)O1.